The fraction of sp³-hybridized carbons (Fsp3) is 0.538. The van der Waals surface area contributed by atoms with Gasteiger partial charge in [0.25, 0.3) is 0 Å². The van der Waals surface area contributed by atoms with Crippen molar-refractivity contribution in [2.24, 2.45) is 0 Å². The Morgan fingerprint density at radius 3 is 2.79 bits per heavy atom. The normalized spacial score (nSPS) is 21.5. The second-order valence-corrected chi connectivity index (χ2v) is 8.12. The van der Waals surface area contributed by atoms with Gasteiger partial charge in [-0.3, -0.25) is 0 Å². The molecule has 1 atom stereocenters. The fourth-order valence-corrected chi connectivity index (χ4v) is 4.69. The fourth-order valence-electron chi connectivity index (χ4n) is 2.51. The van der Waals surface area contributed by atoms with Crippen LogP contribution in [0, 0.1) is 0 Å². The van der Waals surface area contributed by atoms with Gasteiger partial charge in [0, 0.05) is 29.8 Å². The first-order chi connectivity index (χ1) is 8.93. The summed E-state index contributed by atoms with van der Waals surface area (Å²) in [5.74, 6) is 0.568. The molecule has 0 aromatic heterocycles. The lowest BCUT2D eigenvalue weighted by Crippen LogP contribution is -2.33. The van der Waals surface area contributed by atoms with Crippen molar-refractivity contribution in [3.63, 3.8) is 0 Å². The van der Waals surface area contributed by atoms with Crippen molar-refractivity contribution in [1.29, 1.82) is 0 Å². The van der Waals surface area contributed by atoms with E-state index in [1.54, 1.807) is 0 Å². The van der Waals surface area contributed by atoms with Crippen LogP contribution in [0.2, 0.25) is 0 Å². The van der Waals surface area contributed by atoms with Crippen LogP contribution in [0.5, 0.6) is 0 Å². The summed E-state index contributed by atoms with van der Waals surface area (Å²) in [7, 11) is 1.04. The Bertz CT molecular complexity index is 560. The van der Waals surface area contributed by atoms with Crippen molar-refractivity contribution < 1.29 is 8.42 Å². The highest BCUT2D eigenvalue weighted by Crippen LogP contribution is 2.28. The van der Waals surface area contributed by atoms with Crippen LogP contribution in [0.15, 0.2) is 22.7 Å². The van der Waals surface area contributed by atoms with Crippen LogP contribution < -0.4 is 10.2 Å². The van der Waals surface area contributed by atoms with Crippen molar-refractivity contribution in [2.45, 2.75) is 19.0 Å². The summed E-state index contributed by atoms with van der Waals surface area (Å²) in [6, 6.07) is 6.20. The average molecular weight is 347 g/mol. The molecule has 1 aliphatic rings. The summed E-state index contributed by atoms with van der Waals surface area (Å²) < 4.78 is 24.2. The number of anilines is 1. The van der Waals surface area contributed by atoms with Crippen molar-refractivity contribution >= 4 is 31.5 Å². The largest absolute Gasteiger partial charge is 0.370 e. The molecule has 0 spiro atoms. The van der Waals surface area contributed by atoms with Crippen molar-refractivity contribution in [3.8, 4) is 0 Å². The van der Waals surface area contributed by atoms with Gasteiger partial charge in [0.05, 0.1) is 11.5 Å². The highest BCUT2D eigenvalue weighted by Gasteiger charge is 2.31. The first-order valence-corrected chi connectivity index (χ1v) is 8.90. The van der Waals surface area contributed by atoms with E-state index < -0.39 is 9.84 Å². The van der Waals surface area contributed by atoms with Crippen LogP contribution >= 0.6 is 15.9 Å². The minimum absolute atomic E-state index is 0.0850. The van der Waals surface area contributed by atoms with Gasteiger partial charge in [0.15, 0.2) is 9.84 Å². The minimum Gasteiger partial charge on any atom is -0.370 e. The molecule has 1 N–H and O–H groups in total. The Labute approximate surface area is 123 Å². The van der Waals surface area contributed by atoms with E-state index in [0.29, 0.717) is 12.2 Å². The second kappa shape index (κ2) is 5.81. The van der Waals surface area contributed by atoms with Gasteiger partial charge in [0.2, 0.25) is 0 Å². The van der Waals surface area contributed by atoms with E-state index >= 15 is 0 Å². The van der Waals surface area contributed by atoms with E-state index in [2.05, 4.69) is 32.2 Å². The van der Waals surface area contributed by atoms with Crippen molar-refractivity contribution in [2.75, 3.05) is 30.5 Å². The number of nitrogens with zero attached hydrogens (tertiary/aromatic N) is 1. The Balaban J connectivity index is 2.26. The molecule has 2 rings (SSSR count). The smallest absolute Gasteiger partial charge is 0.152 e. The van der Waals surface area contributed by atoms with Gasteiger partial charge in [-0.15, -0.1) is 0 Å². The highest BCUT2D eigenvalue weighted by molar-refractivity contribution is 9.10. The molecule has 1 heterocycles. The molecule has 0 bridgehead atoms. The third-order valence-electron chi connectivity index (χ3n) is 3.54. The average Bonchev–Trinajstić information content (AvgIpc) is 2.70. The summed E-state index contributed by atoms with van der Waals surface area (Å²) in [4.78, 5) is 2.10. The monoisotopic (exact) mass is 346 g/mol. The molecule has 4 nitrogen and oxygen atoms in total. The lowest BCUT2D eigenvalue weighted by Gasteiger charge is -2.28. The van der Waals surface area contributed by atoms with E-state index in [0.717, 1.165) is 16.7 Å². The van der Waals surface area contributed by atoms with Gasteiger partial charge in [-0.1, -0.05) is 15.9 Å². The van der Waals surface area contributed by atoms with Crippen LogP contribution in [0.25, 0.3) is 0 Å². The lowest BCUT2D eigenvalue weighted by molar-refractivity contribution is 0.600. The minimum atomic E-state index is -2.85. The predicted molar refractivity (Wildman–Crippen MR) is 82.4 cm³/mol. The summed E-state index contributed by atoms with van der Waals surface area (Å²) in [6.07, 6.45) is 0.716. The van der Waals surface area contributed by atoms with Crippen LogP contribution in [-0.2, 0) is 16.4 Å². The molecule has 1 fully saturated rings. The second-order valence-electron chi connectivity index (χ2n) is 4.97. The van der Waals surface area contributed by atoms with Crippen LogP contribution in [0.4, 0.5) is 5.69 Å². The number of nitrogens with one attached hydrogen (secondary N) is 1. The molecule has 1 aromatic rings. The summed E-state index contributed by atoms with van der Waals surface area (Å²) in [5.41, 5.74) is 2.27. The standard InChI is InChI=1S/C13H19BrN2O2S/c1-15-8-10-7-11(14)3-4-13(10)16(2)12-5-6-19(17,18)9-12/h3-4,7,12,15H,5-6,8-9H2,1-2H3. The van der Waals surface area contributed by atoms with E-state index in [9.17, 15) is 8.42 Å². The van der Waals surface area contributed by atoms with Gasteiger partial charge in [0.1, 0.15) is 0 Å². The van der Waals surface area contributed by atoms with Gasteiger partial charge >= 0.3 is 0 Å². The lowest BCUT2D eigenvalue weighted by atomic mass is 10.1. The topological polar surface area (TPSA) is 49.4 Å². The predicted octanol–water partition coefficient (Wildman–Crippen LogP) is 1.79. The maximum absolute atomic E-state index is 11.6. The molecule has 0 aliphatic carbocycles. The molecule has 1 unspecified atom stereocenters. The molecule has 106 valence electrons. The molecule has 1 saturated heterocycles. The maximum atomic E-state index is 11.6. The van der Waals surface area contributed by atoms with E-state index in [-0.39, 0.29) is 11.8 Å². The molecule has 0 saturated carbocycles. The highest BCUT2D eigenvalue weighted by atomic mass is 79.9. The quantitative estimate of drug-likeness (QED) is 0.902. The number of sulfone groups is 1. The van der Waals surface area contributed by atoms with Gasteiger partial charge < -0.3 is 10.2 Å². The Hall–Kier alpha value is -0.590. The number of benzene rings is 1. The number of rotatable bonds is 4. The summed E-state index contributed by atoms with van der Waals surface area (Å²) in [6.45, 7) is 0.762. The SMILES string of the molecule is CNCc1cc(Br)ccc1N(C)C1CCS(=O)(=O)C1. The van der Waals surface area contributed by atoms with Crippen LogP contribution in [0.3, 0.4) is 0 Å². The van der Waals surface area contributed by atoms with Crippen molar-refractivity contribution in [3.05, 3.63) is 28.2 Å². The van der Waals surface area contributed by atoms with Crippen LogP contribution in [-0.4, -0.2) is 40.1 Å². The molecule has 1 aliphatic heterocycles. The van der Waals surface area contributed by atoms with E-state index in [1.807, 2.05) is 26.2 Å². The number of halogens is 1. The molecule has 19 heavy (non-hydrogen) atoms. The summed E-state index contributed by atoms with van der Waals surface area (Å²) >= 11 is 3.47. The van der Waals surface area contributed by atoms with Crippen LogP contribution in [0.1, 0.15) is 12.0 Å². The van der Waals surface area contributed by atoms with E-state index in [1.165, 1.54) is 5.56 Å². The van der Waals surface area contributed by atoms with Gasteiger partial charge in [-0.05, 0) is 37.2 Å². The first kappa shape index (κ1) is 14.8. The third kappa shape index (κ3) is 3.49. The van der Waals surface area contributed by atoms with Gasteiger partial charge in [-0.2, -0.15) is 0 Å². The zero-order chi connectivity index (χ0) is 14.0. The third-order valence-corrected chi connectivity index (χ3v) is 5.79. The molecule has 1 aromatic carbocycles. The maximum Gasteiger partial charge on any atom is 0.152 e. The first-order valence-electron chi connectivity index (χ1n) is 6.29. The zero-order valence-electron chi connectivity index (χ0n) is 11.2. The van der Waals surface area contributed by atoms with E-state index in [4.69, 9.17) is 0 Å². The Morgan fingerprint density at radius 1 is 1.47 bits per heavy atom. The molecular formula is C13H19BrN2O2S. The Morgan fingerprint density at radius 2 is 2.21 bits per heavy atom. The van der Waals surface area contributed by atoms with Gasteiger partial charge in [-0.25, -0.2) is 8.42 Å². The molecular weight excluding hydrogens is 328 g/mol. The number of hydrogen-bond donors (Lipinski definition) is 1. The Kier molecular flexibility index (Phi) is 4.53. The zero-order valence-corrected chi connectivity index (χ0v) is 13.6. The molecule has 6 heteroatoms. The van der Waals surface area contributed by atoms with Crippen molar-refractivity contribution in [1.82, 2.24) is 5.32 Å². The molecule has 0 amide bonds. The summed E-state index contributed by atoms with van der Waals surface area (Å²) in [5, 5.41) is 3.15. The molecule has 0 radical (unpaired) electrons. The number of hydrogen-bond acceptors (Lipinski definition) is 4.